The lowest BCUT2D eigenvalue weighted by molar-refractivity contribution is 0.175. The summed E-state index contributed by atoms with van der Waals surface area (Å²) in [4.78, 5) is 6.78. The first-order valence-electron chi connectivity index (χ1n) is 9.04. The van der Waals surface area contributed by atoms with Gasteiger partial charge in [0.1, 0.15) is 0 Å². The van der Waals surface area contributed by atoms with Gasteiger partial charge in [0.2, 0.25) is 0 Å². The molecule has 1 saturated heterocycles. The molecule has 1 unspecified atom stereocenters. The molecule has 7 heteroatoms. The highest BCUT2D eigenvalue weighted by Crippen LogP contribution is 2.21. The number of guanidine groups is 1. The number of rotatable bonds is 7. The molecule has 148 valence electrons. The Balaban J connectivity index is 0.00000338. The molecule has 5 nitrogen and oxygen atoms in total. The Bertz CT molecular complexity index is 550. The van der Waals surface area contributed by atoms with Crippen LogP contribution in [0.25, 0.3) is 0 Å². The zero-order chi connectivity index (χ0) is 18.1. The van der Waals surface area contributed by atoms with Gasteiger partial charge in [-0.25, -0.2) is 0 Å². The fourth-order valence-electron chi connectivity index (χ4n) is 3.18. The van der Waals surface area contributed by atoms with Crippen LogP contribution in [0.4, 0.5) is 0 Å². The Morgan fingerprint density at radius 2 is 2.04 bits per heavy atom. The summed E-state index contributed by atoms with van der Waals surface area (Å²) in [5.74, 6) is 1.53. The van der Waals surface area contributed by atoms with Crippen LogP contribution in [-0.2, 0) is 11.3 Å². The van der Waals surface area contributed by atoms with E-state index in [1.807, 2.05) is 12.1 Å². The highest BCUT2D eigenvalue weighted by atomic mass is 127. The van der Waals surface area contributed by atoms with E-state index >= 15 is 0 Å². The summed E-state index contributed by atoms with van der Waals surface area (Å²) in [7, 11) is 3.52. The quantitative estimate of drug-likeness (QED) is 0.347. The Morgan fingerprint density at radius 3 is 2.65 bits per heavy atom. The molecule has 0 spiro atoms. The van der Waals surface area contributed by atoms with Crippen LogP contribution in [0.15, 0.2) is 29.3 Å². The van der Waals surface area contributed by atoms with E-state index in [4.69, 9.17) is 16.3 Å². The molecule has 1 fully saturated rings. The SMILES string of the molecule is CN=C(NCC1CCN(Cc2ccccc2Cl)CC1)NC(C)COC.I. The number of methoxy groups -OCH3 is 1. The van der Waals surface area contributed by atoms with E-state index in [1.54, 1.807) is 14.2 Å². The van der Waals surface area contributed by atoms with E-state index in [0.29, 0.717) is 12.5 Å². The van der Waals surface area contributed by atoms with Gasteiger partial charge in [-0.2, -0.15) is 0 Å². The zero-order valence-corrected chi connectivity index (χ0v) is 19.1. The zero-order valence-electron chi connectivity index (χ0n) is 16.0. The fraction of sp³-hybridized carbons (Fsp3) is 0.632. The predicted molar refractivity (Wildman–Crippen MR) is 121 cm³/mol. The van der Waals surface area contributed by atoms with E-state index in [9.17, 15) is 0 Å². The molecule has 0 bridgehead atoms. The molecule has 0 radical (unpaired) electrons. The minimum atomic E-state index is 0. The van der Waals surface area contributed by atoms with Crippen molar-refractivity contribution < 1.29 is 4.74 Å². The van der Waals surface area contributed by atoms with Crippen molar-refractivity contribution in [3.63, 3.8) is 0 Å². The highest BCUT2D eigenvalue weighted by Gasteiger charge is 2.20. The Morgan fingerprint density at radius 1 is 1.35 bits per heavy atom. The predicted octanol–water partition coefficient (Wildman–Crippen LogP) is 3.37. The third-order valence-electron chi connectivity index (χ3n) is 4.64. The third-order valence-corrected chi connectivity index (χ3v) is 5.01. The summed E-state index contributed by atoms with van der Waals surface area (Å²) in [6, 6.07) is 8.37. The number of piperidine rings is 1. The van der Waals surface area contributed by atoms with Crippen molar-refractivity contribution in [1.82, 2.24) is 15.5 Å². The lowest BCUT2D eigenvalue weighted by Crippen LogP contribution is -2.46. The Kier molecular flexibility index (Phi) is 11.5. The molecule has 0 aliphatic carbocycles. The maximum atomic E-state index is 6.27. The number of nitrogens with zero attached hydrogens (tertiary/aromatic N) is 2. The van der Waals surface area contributed by atoms with Crippen molar-refractivity contribution in [2.75, 3.05) is 40.4 Å². The van der Waals surface area contributed by atoms with Gasteiger partial charge >= 0.3 is 0 Å². The fourth-order valence-corrected chi connectivity index (χ4v) is 3.37. The lowest BCUT2D eigenvalue weighted by atomic mass is 9.96. The van der Waals surface area contributed by atoms with E-state index in [0.717, 1.165) is 37.2 Å². The normalized spacial score (nSPS) is 17.5. The maximum Gasteiger partial charge on any atom is 0.191 e. The van der Waals surface area contributed by atoms with Gasteiger partial charge < -0.3 is 15.4 Å². The van der Waals surface area contributed by atoms with Gasteiger partial charge in [0, 0.05) is 38.3 Å². The maximum absolute atomic E-state index is 6.27. The van der Waals surface area contributed by atoms with Crippen LogP contribution >= 0.6 is 35.6 Å². The van der Waals surface area contributed by atoms with Crippen LogP contribution in [0.3, 0.4) is 0 Å². The molecule has 1 aliphatic rings. The average molecular weight is 495 g/mol. The van der Waals surface area contributed by atoms with Crippen molar-refractivity contribution in [2.45, 2.75) is 32.4 Å². The first-order valence-corrected chi connectivity index (χ1v) is 9.42. The first kappa shape index (κ1) is 23.5. The van der Waals surface area contributed by atoms with Crippen LogP contribution in [0, 0.1) is 5.92 Å². The molecule has 2 rings (SSSR count). The number of aliphatic imine (C=N–C) groups is 1. The molecular weight excluding hydrogens is 463 g/mol. The minimum absolute atomic E-state index is 0. The number of nitrogens with one attached hydrogen (secondary N) is 2. The van der Waals surface area contributed by atoms with Crippen molar-refractivity contribution in [1.29, 1.82) is 0 Å². The molecule has 2 N–H and O–H groups in total. The van der Waals surface area contributed by atoms with E-state index in [2.05, 4.69) is 39.6 Å². The standard InChI is InChI=1S/C19H31ClN4O.HI/c1-15(14-25-3)23-19(21-2)22-12-16-8-10-24(11-9-16)13-17-6-4-5-7-18(17)20;/h4-7,15-16H,8-14H2,1-3H3,(H2,21,22,23);1H. The van der Waals surface area contributed by atoms with Crippen LogP contribution in [0.1, 0.15) is 25.3 Å². The van der Waals surface area contributed by atoms with E-state index in [1.165, 1.54) is 18.4 Å². The molecule has 1 heterocycles. The molecule has 0 amide bonds. The molecule has 26 heavy (non-hydrogen) atoms. The minimum Gasteiger partial charge on any atom is -0.383 e. The molecule has 1 aromatic carbocycles. The summed E-state index contributed by atoms with van der Waals surface area (Å²) < 4.78 is 5.15. The largest absolute Gasteiger partial charge is 0.383 e. The van der Waals surface area contributed by atoms with E-state index < -0.39 is 0 Å². The molecular formula is C19H32ClIN4O. The van der Waals surface area contributed by atoms with Gasteiger partial charge in [0.05, 0.1) is 6.61 Å². The van der Waals surface area contributed by atoms with E-state index in [-0.39, 0.29) is 30.0 Å². The van der Waals surface area contributed by atoms with Gasteiger partial charge in [-0.05, 0) is 50.4 Å². The number of halogens is 2. The lowest BCUT2D eigenvalue weighted by Gasteiger charge is -2.32. The first-order chi connectivity index (χ1) is 12.1. The third kappa shape index (κ3) is 7.98. The summed E-state index contributed by atoms with van der Waals surface area (Å²) in [6.07, 6.45) is 2.39. The Hall–Kier alpha value is -0.570. The second-order valence-electron chi connectivity index (χ2n) is 6.76. The van der Waals surface area contributed by atoms with Gasteiger partial charge in [-0.15, -0.1) is 24.0 Å². The van der Waals surface area contributed by atoms with Gasteiger partial charge in [-0.3, -0.25) is 9.89 Å². The molecule has 1 atom stereocenters. The van der Waals surface area contributed by atoms with Crippen molar-refractivity contribution in [3.05, 3.63) is 34.9 Å². The van der Waals surface area contributed by atoms with Crippen molar-refractivity contribution in [2.24, 2.45) is 10.9 Å². The summed E-state index contributed by atoms with van der Waals surface area (Å²) in [5.41, 5.74) is 1.22. The average Bonchev–Trinajstić information content (AvgIpc) is 2.62. The second kappa shape index (κ2) is 12.8. The molecule has 1 aromatic rings. The number of hydrogen-bond acceptors (Lipinski definition) is 3. The van der Waals surface area contributed by atoms with Crippen molar-refractivity contribution >= 4 is 41.5 Å². The van der Waals surface area contributed by atoms with Gasteiger partial charge in [0.25, 0.3) is 0 Å². The number of hydrogen-bond donors (Lipinski definition) is 2. The number of likely N-dealkylation sites (tertiary alicyclic amines) is 1. The van der Waals surface area contributed by atoms with Crippen molar-refractivity contribution in [3.8, 4) is 0 Å². The molecule has 1 aliphatic heterocycles. The number of benzene rings is 1. The summed E-state index contributed by atoms with van der Waals surface area (Å²) in [6.45, 7) is 6.88. The summed E-state index contributed by atoms with van der Waals surface area (Å²) >= 11 is 6.27. The highest BCUT2D eigenvalue weighted by molar-refractivity contribution is 14.0. The van der Waals surface area contributed by atoms with Crippen LogP contribution in [0.2, 0.25) is 5.02 Å². The van der Waals surface area contributed by atoms with Gasteiger partial charge in [-0.1, -0.05) is 29.8 Å². The monoisotopic (exact) mass is 494 g/mol. The topological polar surface area (TPSA) is 48.9 Å². The summed E-state index contributed by atoms with van der Waals surface area (Å²) in [5, 5.41) is 7.66. The van der Waals surface area contributed by atoms with Crippen LogP contribution in [-0.4, -0.2) is 57.3 Å². The molecule has 0 saturated carbocycles. The Labute approximate surface area is 179 Å². The molecule has 0 aromatic heterocycles. The van der Waals surface area contributed by atoms with Crippen LogP contribution in [0.5, 0.6) is 0 Å². The second-order valence-corrected chi connectivity index (χ2v) is 7.17. The number of ether oxygens (including phenoxy) is 1. The van der Waals surface area contributed by atoms with Crippen LogP contribution < -0.4 is 10.6 Å². The van der Waals surface area contributed by atoms with Gasteiger partial charge in [0.15, 0.2) is 5.96 Å². The smallest absolute Gasteiger partial charge is 0.191 e.